The molecule has 0 spiro atoms. The first-order valence-electron chi connectivity index (χ1n) is 12.0. The molecule has 0 saturated carbocycles. The molecule has 0 radical (unpaired) electrons. The lowest BCUT2D eigenvalue weighted by atomic mass is 9.78. The second-order valence-electron chi connectivity index (χ2n) is 9.16. The lowest BCUT2D eigenvalue weighted by Crippen LogP contribution is -2.45. The number of halogens is 3. The largest absolute Gasteiger partial charge is 0.493 e. The predicted octanol–water partition coefficient (Wildman–Crippen LogP) is 6.17. The summed E-state index contributed by atoms with van der Waals surface area (Å²) in [6.07, 6.45) is -4.70. The normalized spacial score (nSPS) is 19.2. The molecule has 196 valence electrons. The number of methoxy groups -OCH3 is 2. The standard InChI is InChI=1S/C29H25F3N2O4/c1-37-24-13-12-18(16-25(24)38-2)27-26-21(14-19(15-23(26)35)17-8-4-3-5-9-17)33-20-10-6-7-11-22(20)34(27)28(36)29(30,31)32/h3-13,16,19,27,33H,14-15H2,1-2H3. The number of ketones is 1. The molecule has 38 heavy (non-hydrogen) atoms. The number of carbonyl (C=O) groups excluding carboxylic acids is 2. The van der Waals surface area contributed by atoms with Gasteiger partial charge in [-0.25, -0.2) is 0 Å². The highest BCUT2D eigenvalue weighted by Crippen LogP contribution is 2.49. The van der Waals surface area contributed by atoms with Gasteiger partial charge in [-0.2, -0.15) is 13.2 Å². The monoisotopic (exact) mass is 522 g/mol. The lowest BCUT2D eigenvalue weighted by Gasteiger charge is -2.35. The number of anilines is 2. The van der Waals surface area contributed by atoms with Crippen LogP contribution >= 0.6 is 0 Å². The number of benzene rings is 3. The zero-order valence-corrected chi connectivity index (χ0v) is 20.7. The molecule has 6 nitrogen and oxygen atoms in total. The average molecular weight is 523 g/mol. The third-order valence-electron chi connectivity index (χ3n) is 6.94. The molecule has 2 unspecified atom stereocenters. The van der Waals surface area contributed by atoms with Crippen molar-refractivity contribution in [2.24, 2.45) is 0 Å². The number of rotatable bonds is 4. The Morgan fingerprint density at radius 1 is 0.895 bits per heavy atom. The fraction of sp³-hybridized carbons (Fsp3) is 0.241. The minimum absolute atomic E-state index is 0.0214. The van der Waals surface area contributed by atoms with Crippen LogP contribution in [-0.2, 0) is 9.59 Å². The highest BCUT2D eigenvalue weighted by atomic mass is 19.4. The molecule has 0 bridgehead atoms. The van der Waals surface area contributed by atoms with E-state index in [0.717, 1.165) is 5.56 Å². The summed E-state index contributed by atoms with van der Waals surface area (Å²) in [5.74, 6) is -1.94. The Balaban J connectivity index is 1.76. The first-order valence-corrected chi connectivity index (χ1v) is 12.0. The number of hydrogen-bond donors (Lipinski definition) is 1. The maximum Gasteiger partial charge on any atom is 0.471 e. The number of nitrogens with one attached hydrogen (secondary N) is 1. The Labute approximate surface area is 217 Å². The zero-order chi connectivity index (χ0) is 27.0. The van der Waals surface area contributed by atoms with Gasteiger partial charge in [0.25, 0.3) is 0 Å². The Bertz CT molecular complexity index is 1420. The molecular weight excluding hydrogens is 497 g/mol. The van der Waals surface area contributed by atoms with Gasteiger partial charge in [-0.1, -0.05) is 48.5 Å². The van der Waals surface area contributed by atoms with Crippen LogP contribution in [0.2, 0.25) is 0 Å². The van der Waals surface area contributed by atoms with Crippen molar-refractivity contribution in [2.45, 2.75) is 31.0 Å². The number of fused-ring (bicyclic) bond motifs is 1. The van der Waals surface area contributed by atoms with Crippen LogP contribution in [0.4, 0.5) is 24.5 Å². The molecule has 1 N–H and O–H groups in total. The Hall–Kier alpha value is -4.27. The van der Waals surface area contributed by atoms with Crippen molar-refractivity contribution in [1.29, 1.82) is 0 Å². The third-order valence-corrected chi connectivity index (χ3v) is 6.94. The van der Waals surface area contributed by atoms with Gasteiger partial charge in [-0.3, -0.25) is 14.5 Å². The van der Waals surface area contributed by atoms with Crippen LogP contribution in [0.25, 0.3) is 0 Å². The number of para-hydroxylation sites is 2. The van der Waals surface area contributed by atoms with E-state index < -0.39 is 18.1 Å². The molecule has 0 fully saturated rings. The highest BCUT2D eigenvalue weighted by Gasteiger charge is 2.50. The zero-order valence-electron chi connectivity index (χ0n) is 20.7. The summed E-state index contributed by atoms with van der Waals surface area (Å²) in [7, 11) is 2.85. The van der Waals surface area contributed by atoms with E-state index in [1.165, 1.54) is 26.4 Å². The summed E-state index contributed by atoms with van der Waals surface area (Å²) in [5.41, 5.74) is 2.18. The second kappa shape index (κ2) is 9.89. The highest BCUT2D eigenvalue weighted by molar-refractivity contribution is 6.07. The fourth-order valence-electron chi connectivity index (χ4n) is 5.25. The molecule has 1 amide bonds. The van der Waals surface area contributed by atoms with Gasteiger partial charge in [0, 0.05) is 17.7 Å². The van der Waals surface area contributed by atoms with Gasteiger partial charge in [-0.05, 0) is 47.7 Å². The Morgan fingerprint density at radius 2 is 1.58 bits per heavy atom. The van der Waals surface area contributed by atoms with Crippen molar-refractivity contribution in [3.8, 4) is 11.5 Å². The van der Waals surface area contributed by atoms with Gasteiger partial charge in [-0.15, -0.1) is 0 Å². The number of ether oxygens (including phenoxy) is 2. The van der Waals surface area contributed by atoms with Gasteiger partial charge in [0.15, 0.2) is 17.3 Å². The van der Waals surface area contributed by atoms with E-state index >= 15 is 0 Å². The summed E-state index contributed by atoms with van der Waals surface area (Å²) in [6.45, 7) is 0. The SMILES string of the molecule is COc1ccc(C2C3=C(CC(c4ccccc4)CC3=O)Nc3ccccc3N2C(=O)C(F)(F)F)cc1OC. The minimum atomic E-state index is -5.18. The van der Waals surface area contributed by atoms with Crippen LogP contribution in [0.15, 0.2) is 84.1 Å². The number of allylic oxidation sites excluding steroid dienone is 1. The van der Waals surface area contributed by atoms with Crippen molar-refractivity contribution >= 4 is 23.1 Å². The van der Waals surface area contributed by atoms with Crippen LogP contribution < -0.4 is 19.7 Å². The molecule has 2 aliphatic rings. The molecule has 1 aliphatic heterocycles. The van der Waals surface area contributed by atoms with Gasteiger partial charge in [0.2, 0.25) is 0 Å². The van der Waals surface area contributed by atoms with Gasteiger partial charge in [0.05, 0.1) is 31.6 Å². The van der Waals surface area contributed by atoms with E-state index in [1.807, 2.05) is 30.3 Å². The smallest absolute Gasteiger partial charge is 0.471 e. The summed E-state index contributed by atoms with van der Waals surface area (Å²) >= 11 is 0. The summed E-state index contributed by atoms with van der Waals surface area (Å²) < 4.78 is 52.9. The molecule has 1 heterocycles. The van der Waals surface area contributed by atoms with E-state index in [0.29, 0.717) is 28.5 Å². The van der Waals surface area contributed by atoms with Crippen LogP contribution in [0.5, 0.6) is 11.5 Å². The molecule has 5 rings (SSSR count). The number of hydrogen-bond acceptors (Lipinski definition) is 5. The quantitative estimate of drug-likeness (QED) is 0.444. The fourth-order valence-corrected chi connectivity index (χ4v) is 5.25. The Morgan fingerprint density at radius 3 is 2.26 bits per heavy atom. The number of alkyl halides is 3. The minimum Gasteiger partial charge on any atom is -0.493 e. The van der Waals surface area contributed by atoms with Crippen molar-refractivity contribution in [2.75, 3.05) is 24.4 Å². The Kier molecular flexibility index (Phi) is 6.60. The van der Waals surface area contributed by atoms with Crippen molar-refractivity contribution < 1.29 is 32.2 Å². The molecule has 0 aromatic heterocycles. The van der Waals surface area contributed by atoms with Crippen molar-refractivity contribution in [1.82, 2.24) is 0 Å². The van der Waals surface area contributed by atoms with Crippen molar-refractivity contribution in [3.05, 3.63) is 95.2 Å². The van der Waals surface area contributed by atoms with E-state index in [1.54, 1.807) is 30.3 Å². The summed E-state index contributed by atoms with van der Waals surface area (Å²) in [5, 5.41) is 3.22. The molecule has 1 aliphatic carbocycles. The average Bonchev–Trinajstić information content (AvgIpc) is 3.06. The third kappa shape index (κ3) is 4.49. The topological polar surface area (TPSA) is 67.9 Å². The molecule has 3 aromatic carbocycles. The predicted molar refractivity (Wildman–Crippen MR) is 136 cm³/mol. The van der Waals surface area contributed by atoms with Gasteiger partial charge >= 0.3 is 12.1 Å². The summed E-state index contributed by atoms with van der Waals surface area (Å²) in [6, 6.07) is 19.0. The summed E-state index contributed by atoms with van der Waals surface area (Å²) in [4.78, 5) is 27.5. The van der Waals surface area contributed by atoms with E-state index in [4.69, 9.17) is 9.47 Å². The first kappa shape index (κ1) is 25.4. The molecule has 9 heteroatoms. The van der Waals surface area contributed by atoms with Gasteiger partial charge in [0.1, 0.15) is 0 Å². The molecule has 3 aromatic rings. The maximum absolute atomic E-state index is 14.1. The van der Waals surface area contributed by atoms with E-state index in [9.17, 15) is 22.8 Å². The first-order chi connectivity index (χ1) is 18.2. The van der Waals surface area contributed by atoms with Crippen LogP contribution in [-0.4, -0.2) is 32.1 Å². The molecular formula is C29H25F3N2O4. The van der Waals surface area contributed by atoms with Crippen LogP contribution in [0.3, 0.4) is 0 Å². The number of amides is 1. The van der Waals surface area contributed by atoms with E-state index in [-0.39, 0.29) is 40.7 Å². The van der Waals surface area contributed by atoms with E-state index in [2.05, 4.69) is 5.32 Å². The van der Waals surface area contributed by atoms with Crippen molar-refractivity contribution in [3.63, 3.8) is 0 Å². The maximum atomic E-state index is 14.1. The number of carbonyl (C=O) groups is 2. The molecule has 0 saturated heterocycles. The number of Topliss-reactive ketones (excluding diaryl/α,β-unsaturated/α-hetero) is 1. The van der Waals surface area contributed by atoms with Crippen LogP contribution in [0.1, 0.15) is 35.9 Å². The second-order valence-corrected chi connectivity index (χ2v) is 9.16. The lowest BCUT2D eigenvalue weighted by molar-refractivity contribution is -0.170. The molecule has 2 atom stereocenters. The van der Waals surface area contributed by atoms with Crippen LogP contribution in [0, 0.1) is 0 Å². The number of nitrogens with zero attached hydrogens (tertiary/aromatic N) is 1. The van der Waals surface area contributed by atoms with Gasteiger partial charge < -0.3 is 14.8 Å².